The van der Waals surface area contributed by atoms with Gasteiger partial charge < -0.3 is 29.4 Å². The molecule has 1 aliphatic carbocycles. The average molecular weight is 583 g/mol. The van der Waals surface area contributed by atoms with Crippen LogP contribution in [-0.4, -0.2) is 71.0 Å². The number of hydrogen-bond donors (Lipinski definition) is 3. The molecule has 3 aromatic rings. The van der Waals surface area contributed by atoms with Crippen molar-refractivity contribution in [3.8, 4) is 0 Å². The van der Waals surface area contributed by atoms with E-state index < -0.39 is 16.1 Å². The zero-order valence-corrected chi connectivity index (χ0v) is 24.4. The summed E-state index contributed by atoms with van der Waals surface area (Å²) in [7, 11) is -3.88. The highest BCUT2D eigenvalue weighted by molar-refractivity contribution is 7.89. The van der Waals surface area contributed by atoms with E-state index in [2.05, 4.69) is 19.8 Å². The number of sulfonamides is 1. The number of carbonyl (C=O) groups excluding carboxylic acids is 1. The van der Waals surface area contributed by atoms with Gasteiger partial charge in [-0.25, -0.2) is 13.1 Å². The fourth-order valence-electron chi connectivity index (χ4n) is 6.01. The number of rotatable bonds is 8. The Balaban J connectivity index is 1.32. The lowest BCUT2D eigenvalue weighted by atomic mass is 9.93. The zero-order valence-electron chi connectivity index (χ0n) is 23.6. The Labute approximate surface area is 240 Å². The minimum absolute atomic E-state index is 0.0691. The third-order valence-corrected chi connectivity index (χ3v) is 10.2. The second-order valence-corrected chi connectivity index (χ2v) is 13.5. The quantitative estimate of drug-likeness (QED) is 0.365. The standard InChI is InChI=1S/C30H38N4O6S/c1-20(19-35)32-41(37,38)24-3-4-25(26(17-24)33-10-8-30(6-7-30)9-11-33)29(36)31-23-15-22-5-13-40-28(22)27(16-23)34-12-14-39-21(2)18-34/h3-5,13,15-17,20-21,32,35H,6-12,14,18-19H2,1-2H3,(H,31,36)/t20-,21+/m0/s1. The van der Waals surface area contributed by atoms with Gasteiger partial charge in [0.1, 0.15) is 0 Å². The summed E-state index contributed by atoms with van der Waals surface area (Å²) in [6.07, 6.45) is 6.28. The normalized spacial score (nSPS) is 21.3. The lowest BCUT2D eigenvalue weighted by Gasteiger charge is -2.35. The molecule has 10 nitrogen and oxygen atoms in total. The summed E-state index contributed by atoms with van der Waals surface area (Å²) in [5.41, 5.74) is 3.74. The van der Waals surface area contributed by atoms with Gasteiger partial charge in [-0.15, -0.1) is 0 Å². The largest absolute Gasteiger partial charge is 0.462 e. The SMILES string of the molecule is C[C@@H]1CN(c2cc(NC(=O)c3ccc(S(=O)(=O)N[C@@H](C)CO)cc3N3CCC4(CC3)CC4)cc3ccoc23)CCO1. The number of amides is 1. The molecule has 0 bridgehead atoms. The van der Waals surface area contributed by atoms with Crippen molar-refractivity contribution < 1.29 is 27.5 Å². The number of hydrogen-bond acceptors (Lipinski definition) is 8. The van der Waals surface area contributed by atoms with Gasteiger partial charge in [0.25, 0.3) is 5.91 Å². The second-order valence-electron chi connectivity index (χ2n) is 11.8. The van der Waals surface area contributed by atoms with Crippen LogP contribution in [0.3, 0.4) is 0 Å². The molecule has 3 aliphatic rings. The monoisotopic (exact) mass is 582 g/mol. The molecule has 2 aromatic carbocycles. The van der Waals surface area contributed by atoms with E-state index in [0.717, 1.165) is 49.1 Å². The first-order chi connectivity index (χ1) is 19.7. The Hall–Kier alpha value is -3.12. The van der Waals surface area contributed by atoms with Gasteiger partial charge in [-0.05, 0) is 81.3 Å². The van der Waals surface area contributed by atoms with Crippen LogP contribution in [0.4, 0.5) is 17.1 Å². The van der Waals surface area contributed by atoms with Crippen molar-refractivity contribution in [2.45, 2.75) is 56.6 Å². The molecular formula is C30H38N4O6S. The van der Waals surface area contributed by atoms with Gasteiger partial charge in [0.05, 0.1) is 47.4 Å². The van der Waals surface area contributed by atoms with Crippen molar-refractivity contribution in [2.24, 2.45) is 5.41 Å². The Morgan fingerprint density at radius 2 is 1.85 bits per heavy atom. The van der Waals surface area contributed by atoms with Crippen molar-refractivity contribution in [1.82, 2.24) is 4.72 Å². The van der Waals surface area contributed by atoms with Crippen LogP contribution in [0.25, 0.3) is 11.0 Å². The molecule has 3 heterocycles. The van der Waals surface area contributed by atoms with Gasteiger partial charge in [0.2, 0.25) is 10.0 Å². The molecular weight excluding hydrogens is 544 g/mol. The minimum atomic E-state index is -3.88. The van der Waals surface area contributed by atoms with E-state index in [1.54, 1.807) is 25.3 Å². The predicted molar refractivity (Wildman–Crippen MR) is 158 cm³/mol. The van der Waals surface area contributed by atoms with Crippen LogP contribution in [0, 0.1) is 5.41 Å². The van der Waals surface area contributed by atoms with Crippen molar-refractivity contribution in [2.75, 3.05) is 54.5 Å². The second kappa shape index (κ2) is 10.9. The number of carbonyl (C=O) groups is 1. The molecule has 2 saturated heterocycles. The topological polar surface area (TPSA) is 124 Å². The molecule has 0 unspecified atom stereocenters. The summed E-state index contributed by atoms with van der Waals surface area (Å²) in [6, 6.07) is 9.70. The number of nitrogens with zero attached hydrogens (tertiary/aromatic N) is 2. The summed E-state index contributed by atoms with van der Waals surface area (Å²) >= 11 is 0. The van der Waals surface area contributed by atoms with Crippen LogP contribution in [0.5, 0.6) is 0 Å². The molecule has 2 aliphatic heterocycles. The van der Waals surface area contributed by atoms with E-state index in [-0.39, 0.29) is 23.5 Å². The number of benzene rings is 2. The number of morpholine rings is 1. The number of piperidine rings is 1. The average Bonchev–Trinajstić information content (AvgIpc) is 3.53. The fourth-order valence-corrected chi connectivity index (χ4v) is 7.26. The van der Waals surface area contributed by atoms with Gasteiger partial charge in [-0.1, -0.05) is 0 Å². The van der Waals surface area contributed by atoms with E-state index in [1.807, 2.05) is 25.1 Å². The Kier molecular flexibility index (Phi) is 7.48. The molecule has 220 valence electrons. The van der Waals surface area contributed by atoms with Gasteiger partial charge in [-0.2, -0.15) is 0 Å². The molecule has 2 atom stereocenters. The zero-order chi connectivity index (χ0) is 28.8. The third-order valence-electron chi connectivity index (χ3n) is 8.65. The maximum absolute atomic E-state index is 13.8. The molecule has 3 N–H and O–H groups in total. The van der Waals surface area contributed by atoms with Crippen molar-refractivity contribution >= 4 is 44.0 Å². The molecule has 1 saturated carbocycles. The van der Waals surface area contributed by atoms with E-state index in [1.165, 1.54) is 18.9 Å². The molecule has 1 spiro atoms. The molecule has 41 heavy (non-hydrogen) atoms. The molecule has 1 amide bonds. The number of aliphatic hydroxyl groups excluding tert-OH is 1. The number of anilines is 3. The molecule has 6 rings (SSSR count). The minimum Gasteiger partial charge on any atom is -0.462 e. The Morgan fingerprint density at radius 1 is 1.07 bits per heavy atom. The Morgan fingerprint density at radius 3 is 2.56 bits per heavy atom. The maximum Gasteiger partial charge on any atom is 0.257 e. The van der Waals surface area contributed by atoms with E-state index in [0.29, 0.717) is 35.5 Å². The lowest BCUT2D eigenvalue weighted by Crippen LogP contribution is -2.41. The van der Waals surface area contributed by atoms with Crippen molar-refractivity contribution in [1.29, 1.82) is 0 Å². The summed E-state index contributed by atoms with van der Waals surface area (Å²) in [6.45, 7) is 6.91. The van der Waals surface area contributed by atoms with Crippen molar-refractivity contribution in [3.05, 3.63) is 48.2 Å². The highest BCUT2D eigenvalue weighted by Gasteiger charge is 2.44. The highest BCUT2D eigenvalue weighted by atomic mass is 32.2. The third kappa shape index (κ3) is 5.81. The fraction of sp³-hybridized carbons (Fsp3) is 0.500. The van der Waals surface area contributed by atoms with Crippen LogP contribution in [0.1, 0.15) is 49.9 Å². The van der Waals surface area contributed by atoms with Crippen molar-refractivity contribution in [3.63, 3.8) is 0 Å². The van der Waals surface area contributed by atoms with Gasteiger partial charge >= 0.3 is 0 Å². The summed E-state index contributed by atoms with van der Waals surface area (Å²) in [5.74, 6) is -0.309. The van der Waals surface area contributed by atoms with Crippen LogP contribution in [-0.2, 0) is 14.8 Å². The lowest BCUT2D eigenvalue weighted by molar-refractivity contribution is 0.0532. The van der Waals surface area contributed by atoms with Crippen LogP contribution < -0.4 is 19.8 Å². The van der Waals surface area contributed by atoms with Crippen LogP contribution in [0.2, 0.25) is 0 Å². The van der Waals surface area contributed by atoms with E-state index >= 15 is 0 Å². The Bertz CT molecular complexity index is 1540. The summed E-state index contributed by atoms with van der Waals surface area (Å²) < 4.78 is 40.2. The van der Waals surface area contributed by atoms with Gasteiger partial charge in [0, 0.05) is 43.3 Å². The predicted octanol–water partition coefficient (Wildman–Crippen LogP) is 3.95. The van der Waals surface area contributed by atoms with Crippen LogP contribution in [0.15, 0.2) is 52.0 Å². The van der Waals surface area contributed by atoms with Gasteiger partial charge in [0.15, 0.2) is 5.58 Å². The molecule has 1 aromatic heterocycles. The molecule has 0 radical (unpaired) electrons. The number of ether oxygens (including phenoxy) is 1. The summed E-state index contributed by atoms with van der Waals surface area (Å²) in [5, 5.41) is 13.3. The first-order valence-corrected chi connectivity index (χ1v) is 15.9. The molecule has 3 fully saturated rings. The first kappa shape index (κ1) is 28.0. The number of fused-ring (bicyclic) bond motifs is 1. The first-order valence-electron chi connectivity index (χ1n) is 14.4. The maximum atomic E-state index is 13.8. The number of nitrogens with one attached hydrogen (secondary N) is 2. The number of aliphatic hydroxyl groups is 1. The smallest absolute Gasteiger partial charge is 0.257 e. The number of furan rings is 1. The van der Waals surface area contributed by atoms with Gasteiger partial charge in [-0.3, -0.25) is 4.79 Å². The molecule has 11 heteroatoms. The summed E-state index contributed by atoms with van der Waals surface area (Å²) in [4.78, 5) is 18.2. The van der Waals surface area contributed by atoms with E-state index in [9.17, 15) is 18.3 Å². The highest BCUT2D eigenvalue weighted by Crippen LogP contribution is 2.54. The van der Waals surface area contributed by atoms with E-state index in [4.69, 9.17) is 9.15 Å². The van der Waals surface area contributed by atoms with Crippen LogP contribution >= 0.6 is 0 Å².